The van der Waals surface area contributed by atoms with Crippen molar-refractivity contribution < 1.29 is 0 Å². The summed E-state index contributed by atoms with van der Waals surface area (Å²) in [6, 6.07) is 4.59. The fourth-order valence-electron chi connectivity index (χ4n) is 3.31. The third-order valence-corrected chi connectivity index (χ3v) is 4.66. The first-order chi connectivity index (χ1) is 11.4. The summed E-state index contributed by atoms with van der Waals surface area (Å²) in [5, 5.41) is 7.76. The quantitative estimate of drug-likeness (QED) is 0.803. The molecule has 2 aliphatic rings. The number of nitrogens with zero attached hydrogens (tertiary/aromatic N) is 7. The topological polar surface area (TPSA) is 61.3 Å². The average molecular weight is 311 g/mol. The Labute approximate surface area is 136 Å². The highest BCUT2D eigenvalue weighted by Crippen LogP contribution is 2.20. The van der Waals surface area contributed by atoms with Crippen LogP contribution in [0.2, 0.25) is 0 Å². The number of likely N-dealkylation sites (tertiary alicyclic amines) is 1. The maximum atomic E-state index is 4.34. The van der Waals surface area contributed by atoms with Gasteiger partial charge in [-0.05, 0) is 17.7 Å². The number of anilines is 1. The molecule has 2 saturated heterocycles. The Bertz CT molecular complexity index is 607. The molecule has 2 aliphatic heterocycles. The van der Waals surface area contributed by atoms with Gasteiger partial charge in [-0.15, -0.1) is 0 Å². The number of rotatable bonds is 4. The predicted molar refractivity (Wildman–Crippen MR) is 86.9 cm³/mol. The summed E-state index contributed by atoms with van der Waals surface area (Å²) in [4.78, 5) is 16.0. The van der Waals surface area contributed by atoms with Crippen molar-refractivity contribution in [3.63, 3.8) is 0 Å². The maximum Gasteiger partial charge on any atom is 0.225 e. The molecule has 4 heterocycles. The molecule has 7 heteroatoms. The second-order valence-electron chi connectivity index (χ2n) is 6.17. The molecule has 7 nitrogen and oxygen atoms in total. The van der Waals surface area contributed by atoms with Crippen LogP contribution in [0.1, 0.15) is 5.56 Å². The van der Waals surface area contributed by atoms with Gasteiger partial charge in [0.1, 0.15) is 0 Å². The van der Waals surface area contributed by atoms with E-state index in [1.807, 2.05) is 30.7 Å². The highest BCUT2D eigenvalue weighted by Gasteiger charge is 2.33. The Balaban J connectivity index is 1.23. The van der Waals surface area contributed by atoms with Crippen LogP contribution in [0.4, 0.5) is 5.95 Å². The third-order valence-electron chi connectivity index (χ3n) is 4.66. The summed E-state index contributed by atoms with van der Waals surface area (Å²) in [6.45, 7) is 7.46. The van der Waals surface area contributed by atoms with Crippen molar-refractivity contribution in [2.75, 3.05) is 44.2 Å². The molecule has 0 aliphatic carbocycles. The molecule has 0 bridgehead atoms. The Morgan fingerprint density at radius 1 is 0.957 bits per heavy atom. The van der Waals surface area contributed by atoms with E-state index in [-0.39, 0.29) is 0 Å². The van der Waals surface area contributed by atoms with Gasteiger partial charge in [-0.1, -0.05) is 0 Å². The monoisotopic (exact) mass is 311 g/mol. The van der Waals surface area contributed by atoms with Crippen molar-refractivity contribution in [2.45, 2.75) is 12.6 Å². The van der Waals surface area contributed by atoms with E-state index < -0.39 is 0 Å². The van der Waals surface area contributed by atoms with Crippen LogP contribution >= 0.6 is 0 Å². The lowest BCUT2D eigenvalue weighted by Gasteiger charge is -2.48. The SMILES string of the molecule is c1cnc(N2CCN(C3CN(Cc4ccnnc4)C3)CC2)nc1. The van der Waals surface area contributed by atoms with E-state index in [0.29, 0.717) is 6.04 Å². The average Bonchev–Trinajstić information content (AvgIpc) is 2.60. The largest absolute Gasteiger partial charge is 0.338 e. The molecule has 23 heavy (non-hydrogen) atoms. The van der Waals surface area contributed by atoms with Crippen LogP contribution in [-0.4, -0.2) is 75.3 Å². The first kappa shape index (κ1) is 14.5. The van der Waals surface area contributed by atoms with Crippen LogP contribution in [0.5, 0.6) is 0 Å². The summed E-state index contributed by atoms with van der Waals surface area (Å²) in [5.74, 6) is 0.854. The lowest BCUT2D eigenvalue weighted by atomic mass is 10.1. The van der Waals surface area contributed by atoms with Gasteiger partial charge < -0.3 is 4.90 Å². The molecule has 4 rings (SSSR count). The van der Waals surface area contributed by atoms with Crippen molar-refractivity contribution in [3.8, 4) is 0 Å². The molecule has 2 aromatic rings. The molecule has 0 radical (unpaired) electrons. The van der Waals surface area contributed by atoms with Gasteiger partial charge in [0.2, 0.25) is 5.95 Å². The minimum absolute atomic E-state index is 0.684. The highest BCUT2D eigenvalue weighted by molar-refractivity contribution is 5.29. The van der Waals surface area contributed by atoms with Gasteiger partial charge in [-0.2, -0.15) is 10.2 Å². The van der Waals surface area contributed by atoms with E-state index in [0.717, 1.165) is 51.8 Å². The smallest absolute Gasteiger partial charge is 0.225 e. The lowest BCUT2D eigenvalue weighted by Crippen LogP contribution is -2.62. The summed E-state index contributed by atoms with van der Waals surface area (Å²) < 4.78 is 0. The second kappa shape index (κ2) is 6.55. The van der Waals surface area contributed by atoms with E-state index in [2.05, 4.69) is 34.9 Å². The molecular formula is C16H21N7. The highest BCUT2D eigenvalue weighted by atomic mass is 15.4. The molecular weight excluding hydrogens is 290 g/mol. The van der Waals surface area contributed by atoms with Gasteiger partial charge in [-0.3, -0.25) is 9.80 Å². The van der Waals surface area contributed by atoms with Crippen LogP contribution in [0.15, 0.2) is 36.9 Å². The van der Waals surface area contributed by atoms with Crippen molar-refractivity contribution in [1.82, 2.24) is 30.0 Å². The van der Waals surface area contributed by atoms with E-state index in [1.54, 1.807) is 6.20 Å². The summed E-state index contributed by atoms with van der Waals surface area (Å²) in [5.41, 5.74) is 1.24. The zero-order chi connectivity index (χ0) is 15.5. The molecule has 2 aromatic heterocycles. The van der Waals surface area contributed by atoms with Crippen molar-refractivity contribution >= 4 is 5.95 Å². The fraction of sp³-hybridized carbons (Fsp3) is 0.500. The zero-order valence-corrected chi connectivity index (χ0v) is 13.1. The van der Waals surface area contributed by atoms with Crippen molar-refractivity contribution in [3.05, 3.63) is 42.5 Å². The van der Waals surface area contributed by atoms with Gasteiger partial charge in [0.05, 0.1) is 6.20 Å². The molecule has 0 N–H and O–H groups in total. The van der Waals surface area contributed by atoms with Crippen LogP contribution in [0.25, 0.3) is 0 Å². The lowest BCUT2D eigenvalue weighted by molar-refractivity contribution is 0.0254. The summed E-state index contributed by atoms with van der Waals surface area (Å²) in [6.07, 6.45) is 7.24. The zero-order valence-electron chi connectivity index (χ0n) is 13.1. The first-order valence-corrected chi connectivity index (χ1v) is 8.12. The van der Waals surface area contributed by atoms with Gasteiger partial charge in [0.25, 0.3) is 0 Å². The molecule has 0 unspecified atom stereocenters. The van der Waals surface area contributed by atoms with E-state index >= 15 is 0 Å². The van der Waals surface area contributed by atoms with Gasteiger partial charge in [-0.25, -0.2) is 9.97 Å². The van der Waals surface area contributed by atoms with Crippen molar-refractivity contribution in [1.29, 1.82) is 0 Å². The van der Waals surface area contributed by atoms with Gasteiger partial charge in [0, 0.05) is 70.4 Å². The summed E-state index contributed by atoms with van der Waals surface area (Å²) in [7, 11) is 0. The van der Waals surface area contributed by atoms with Crippen molar-refractivity contribution in [2.24, 2.45) is 0 Å². The van der Waals surface area contributed by atoms with Crippen LogP contribution < -0.4 is 4.90 Å². The number of piperazine rings is 1. The van der Waals surface area contributed by atoms with Crippen LogP contribution in [0.3, 0.4) is 0 Å². The van der Waals surface area contributed by atoms with E-state index in [1.165, 1.54) is 5.56 Å². The Hall–Kier alpha value is -2.12. The predicted octanol–water partition coefficient (Wildman–Crippen LogP) is 0.273. The maximum absolute atomic E-state index is 4.34. The Morgan fingerprint density at radius 2 is 1.74 bits per heavy atom. The summed E-state index contributed by atoms with van der Waals surface area (Å²) >= 11 is 0. The normalized spacial score (nSPS) is 20.4. The molecule has 0 spiro atoms. The van der Waals surface area contributed by atoms with Crippen LogP contribution in [-0.2, 0) is 6.54 Å². The molecule has 0 atom stereocenters. The number of hydrogen-bond acceptors (Lipinski definition) is 7. The van der Waals surface area contributed by atoms with Gasteiger partial charge in [0.15, 0.2) is 0 Å². The third kappa shape index (κ3) is 3.30. The van der Waals surface area contributed by atoms with Gasteiger partial charge >= 0.3 is 0 Å². The Morgan fingerprint density at radius 3 is 2.43 bits per heavy atom. The van der Waals surface area contributed by atoms with E-state index in [9.17, 15) is 0 Å². The number of aromatic nitrogens is 4. The Kier molecular flexibility index (Phi) is 4.12. The molecule has 0 aromatic carbocycles. The molecule has 0 saturated carbocycles. The first-order valence-electron chi connectivity index (χ1n) is 8.12. The second-order valence-corrected chi connectivity index (χ2v) is 6.17. The minimum Gasteiger partial charge on any atom is -0.338 e. The molecule has 0 amide bonds. The van der Waals surface area contributed by atoms with E-state index in [4.69, 9.17) is 0 Å². The standard InChI is InChI=1S/C16H21N7/c1-3-17-16(18-4-1)23-8-6-22(7-9-23)15-12-21(13-15)11-14-2-5-19-20-10-14/h1-5,10,15H,6-9,11-13H2. The molecule has 2 fully saturated rings. The minimum atomic E-state index is 0.684. The fourth-order valence-corrected chi connectivity index (χ4v) is 3.31. The number of hydrogen-bond donors (Lipinski definition) is 0. The van der Waals surface area contributed by atoms with Crippen LogP contribution in [0, 0.1) is 0 Å². The molecule has 120 valence electrons.